The van der Waals surface area contributed by atoms with E-state index in [-0.39, 0.29) is 0 Å². The fourth-order valence-corrected chi connectivity index (χ4v) is 1.42. The van der Waals surface area contributed by atoms with Crippen molar-refractivity contribution in [2.75, 3.05) is 32.8 Å². The summed E-state index contributed by atoms with van der Waals surface area (Å²) in [5.74, 6) is 0. The van der Waals surface area contributed by atoms with Gasteiger partial charge in [0.05, 0.1) is 26.0 Å². The minimum absolute atomic E-state index is 0.858. The van der Waals surface area contributed by atoms with Crippen molar-refractivity contribution >= 4 is 0 Å². The van der Waals surface area contributed by atoms with E-state index in [4.69, 9.17) is 4.74 Å². The summed E-state index contributed by atoms with van der Waals surface area (Å²) in [6, 6.07) is 0. The molecule has 0 saturated carbocycles. The molecule has 0 aromatic carbocycles. The van der Waals surface area contributed by atoms with Gasteiger partial charge in [0.25, 0.3) is 0 Å². The van der Waals surface area contributed by atoms with Gasteiger partial charge in [0.2, 0.25) is 0 Å². The molecule has 0 amide bonds. The van der Waals surface area contributed by atoms with Gasteiger partial charge in [-0.15, -0.1) is 5.10 Å². The van der Waals surface area contributed by atoms with Gasteiger partial charge in [-0.05, 0) is 0 Å². The summed E-state index contributed by atoms with van der Waals surface area (Å²) in [4.78, 5) is 2.38. The summed E-state index contributed by atoms with van der Waals surface area (Å²) in [5.41, 5.74) is 0. The summed E-state index contributed by atoms with van der Waals surface area (Å²) in [6.45, 7) is 5.74. The Labute approximate surface area is 77.3 Å². The third-order valence-electron chi connectivity index (χ3n) is 2.22. The highest BCUT2D eigenvalue weighted by Crippen LogP contribution is 1.96. The lowest BCUT2D eigenvalue weighted by molar-refractivity contribution is 0.0359. The molecule has 2 heterocycles. The number of rotatable bonds is 3. The van der Waals surface area contributed by atoms with E-state index in [1.807, 2.05) is 10.9 Å². The van der Waals surface area contributed by atoms with E-state index >= 15 is 0 Å². The van der Waals surface area contributed by atoms with E-state index in [9.17, 15) is 0 Å². The summed E-state index contributed by atoms with van der Waals surface area (Å²) >= 11 is 0. The number of nitrogens with zero attached hydrogens (tertiary/aromatic N) is 4. The van der Waals surface area contributed by atoms with E-state index in [1.54, 1.807) is 6.20 Å². The van der Waals surface area contributed by atoms with Crippen molar-refractivity contribution in [3.05, 3.63) is 12.4 Å². The maximum absolute atomic E-state index is 5.26. The fraction of sp³-hybridized carbons (Fsp3) is 0.750. The van der Waals surface area contributed by atoms with Crippen molar-refractivity contribution < 1.29 is 4.74 Å². The van der Waals surface area contributed by atoms with Crippen LogP contribution < -0.4 is 0 Å². The molecule has 2 rings (SSSR count). The zero-order chi connectivity index (χ0) is 8.93. The summed E-state index contributed by atoms with van der Waals surface area (Å²) in [7, 11) is 0. The zero-order valence-electron chi connectivity index (χ0n) is 7.59. The third-order valence-corrected chi connectivity index (χ3v) is 2.22. The lowest BCUT2D eigenvalue weighted by Gasteiger charge is -2.26. The van der Waals surface area contributed by atoms with E-state index in [1.165, 1.54) is 0 Å². The van der Waals surface area contributed by atoms with Gasteiger partial charge in [0, 0.05) is 25.8 Å². The van der Waals surface area contributed by atoms with Crippen LogP contribution in [0.15, 0.2) is 12.4 Å². The second-order valence-electron chi connectivity index (χ2n) is 3.12. The van der Waals surface area contributed by atoms with Crippen LogP contribution in [0.5, 0.6) is 0 Å². The summed E-state index contributed by atoms with van der Waals surface area (Å²) in [6.07, 6.45) is 3.60. The number of hydrogen-bond donors (Lipinski definition) is 0. The van der Waals surface area contributed by atoms with Gasteiger partial charge >= 0.3 is 0 Å². The van der Waals surface area contributed by atoms with E-state index in [2.05, 4.69) is 15.2 Å². The van der Waals surface area contributed by atoms with Crippen LogP contribution in [0.3, 0.4) is 0 Å². The molecule has 0 atom stereocenters. The Kier molecular flexibility index (Phi) is 2.89. The SMILES string of the molecule is c1cn(CCN2CCOCC2)nn1. The van der Waals surface area contributed by atoms with Gasteiger partial charge in [-0.2, -0.15) is 0 Å². The van der Waals surface area contributed by atoms with Gasteiger partial charge in [0.1, 0.15) is 0 Å². The van der Waals surface area contributed by atoms with Gasteiger partial charge in [-0.3, -0.25) is 9.58 Å². The predicted molar refractivity (Wildman–Crippen MR) is 47.3 cm³/mol. The van der Waals surface area contributed by atoms with Gasteiger partial charge in [-0.25, -0.2) is 0 Å². The highest BCUT2D eigenvalue weighted by molar-refractivity contribution is 4.66. The monoisotopic (exact) mass is 182 g/mol. The Morgan fingerprint density at radius 1 is 1.23 bits per heavy atom. The molecule has 1 saturated heterocycles. The van der Waals surface area contributed by atoms with Crippen LogP contribution in [0.4, 0.5) is 0 Å². The van der Waals surface area contributed by atoms with Gasteiger partial charge < -0.3 is 4.74 Å². The molecule has 1 aromatic heterocycles. The molecule has 0 radical (unpaired) electrons. The molecule has 0 bridgehead atoms. The maximum Gasteiger partial charge on any atom is 0.0692 e. The minimum atomic E-state index is 0.858. The van der Waals surface area contributed by atoms with Crippen LogP contribution in [-0.2, 0) is 11.3 Å². The maximum atomic E-state index is 5.26. The molecule has 1 fully saturated rings. The molecule has 1 aliphatic rings. The van der Waals surface area contributed by atoms with Crippen LogP contribution in [0.2, 0.25) is 0 Å². The van der Waals surface area contributed by atoms with Crippen LogP contribution in [0.25, 0.3) is 0 Å². The average Bonchev–Trinajstić information content (AvgIpc) is 2.69. The first kappa shape index (κ1) is 8.65. The second-order valence-corrected chi connectivity index (χ2v) is 3.12. The molecule has 5 heteroatoms. The topological polar surface area (TPSA) is 43.2 Å². The molecule has 0 unspecified atom stereocenters. The van der Waals surface area contributed by atoms with Crippen molar-refractivity contribution in [1.82, 2.24) is 19.9 Å². The average molecular weight is 182 g/mol. The molecule has 13 heavy (non-hydrogen) atoms. The quantitative estimate of drug-likeness (QED) is 0.638. The normalized spacial score (nSPS) is 19.1. The highest BCUT2D eigenvalue weighted by atomic mass is 16.5. The molecular weight excluding hydrogens is 168 g/mol. The van der Waals surface area contributed by atoms with Crippen LogP contribution in [0, 0.1) is 0 Å². The standard InChI is InChI=1S/C8H14N4O/c1-2-12(10-9-1)4-3-11-5-7-13-8-6-11/h1-2H,3-8H2. The molecule has 1 aliphatic heterocycles. The molecule has 5 nitrogen and oxygen atoms in total. The Morgan fingerprint density at radius 2 is 2.08 bits per heavy atom. The highest BCUT2D eigenvalue weighted by Gasteiger charge is 2.09. The van der Waals surface area contributed by atoms with E-state index < -0.39 is 0 Å². The third kappa shape index (κ3) is 2.50. The zero-order valence-corrected chi connectivity index (χ0v) is 7.59. The molecular formula is C8H14N4O. The van der Waals surface area contributed by atoms with Crippen LogP contribution >= 0.6 is 0 Å². The van der Waals surface area contributed by atoms with Gasteiger partial charge in [0.15, 0.2) is 0 Å². The second kappa shape index (κ2) is 4.34. The molecule has 0 N–H and O–H groups in total. The molecule has 0 aliphatic carbocycles. The van der Waals surface area contributed by atoms with Crippen molar-refractivity contribution in [3.8, 4) is 0 Å². The minimum Gasteiger partial charge on any atom is -0.379 e. The largest absolute Gasteiger partial charge is 0.379 e. The first-order valence-corrected chi connectivity index (χ1v) is 4.59. The Hall–Kier alpha value is -0.940. The molecule has 72 valence electrons. The van der Waals surface area contributed by atoms with Crippen molar-refractivity contribution in [2.24, 2.45) is 0 Å². The lowest BCUT2D eigenvalue weighted by atomic mass is 10.4. The fourth-order valence-electron chi connectivity index (χ4n) is 1.42. The Balaban J connectivity index is 1.72. The Bertz CT molecular complexity index is 230. The first-order chi connectivity index (χ1) is 6.45. The first-order valence-electron chi connectivity index (χ1n) is 4.59. The molecule has 0 spiro atoms. The number of aromatic nitrogens is 3. The predicted octanol–water partition coefficient (Wildman–Crippen LogP) is -0.390. The molecule has 1 aromatic rings. The lowest BCUT2D eigenvalue weighted by Crippen LogP contribution is -2.38. The summed E-state index contributed by atoms with van der Waals surface area (Å²) < 4.78 is 7.12. The Morgan fingerprint density at radius 3 is 2.77 bits per heavy atom. The van der Waals surface area contributed by atoms with Crippen molar-refractivity contribution in [2.45, 2.75) is 6.54 Å². The summed E-state index contributed by atoms with van der Waals surface area (Å²) in [5, 5.41) is 7.67. The number of ether oxygens (including phenoxy) is 1. The smallest absolute Gasteiger partial charge is 0.0692 e. The van der Waals surface area contributed by atoms with Gasteiger partial charge in [-0.1, -0.05) is 5.21 Å². The van der Waals surface area contributed by atoms with E-state index in [0.717, 1.165) is 39.4 Å². The van der Waals surface area contributed by atoms with E-state index in [0.29, 0.717) is 0 Å². The van der Waals surface area contributed by atoms with Crippen LogP contribution in [-0.4, -0.2) is 52.7 Å². The number of hydrogen-bond acceptors (Lipinski definition) is 4. The van der Waals surface area contributed by atoms with Crippen molar-refractivity contribution in [3.63, 3.8) is 0 Å². The van der Waals surface area contributed by atoms with Crippen LogP contribution in [0.1, 0.15) is 0 Å². The van der Waals surface area contributed by atoms with Crippen molar-refractivity contribution in [1.29, 1.82) is 0 Å². The number of morpholine rings is 1.